The summed E-state index contributed by atoms with van der Waals surface area (Å²) in [5, 5.41) is 10.0. The van der Waals surface area contributed by atoms with E-state index in [2.05, 4.69) is 4.74 Å². The maximum absolute atomic E-state index is 10.4. The number of hydrogen-bond donors (Lipinski definition) is 0. The lowest BCUT2D eigenvalue weighted by molar-refractivity contribution is -0.502. The highest BCUT2D eigenvalue weighted by Crippen LogP contribution is 1.95. The van der Waals surface area contributed by atoms with E-state index in [0.29, 0.717) is 0 Å². The Kier molecular flexibility index (Phi) is 4.94. The first-order chi connectivity index (χ1) is 5.56. The van der Waals surface area contributed by atoms with Crippen molar-refractivity contribution in [2.75, 3.05) is 13.2 Å². The second kappa shape index (κ2) is 5.48. The van der Waals surface area contributed by atoms with Crippen molar-refractivity contribution in [1.82, 2.24) is 0 Å². The molecule has 0 saturated carbocycles. The van der Waals surface area contributed by atoms with Gasteiger partial charge in [-0.15, -0.1) is 0 Å². The normalized spacial score (nSPS) is 12.2. The zero-order chi connectivity index (χ0) is 9.56. The van der Waals surface area contributed by atoms with Crippen LogP contribution in [0.2, 0.25) is 0 Å². The van der Waals surface area contributed by atoms with Gasteiger partial charge < -0.3 is 9.47 Å². The molecular weight excluding hydrogens is 166 g/mol. The molecule has 0 fully saturated rings. The summed E-state index contributed by atoms with van der Waals surface area (Å²) in [4.78, 5) is 19.8. The molecule has 0 amide bonds. The van der Waals surface area contributed by atoms with Gasteiger partial charge in [0, 0.05) is 18.5 Å². The lowest BCUT2D eigenvalue weighted by atomic mass is 10.6. The van der Waals surface area contributed by atoms with Crippen LogP contribution in [0.3, 0.4) is 0 Å². The molecule has 6 nitrogen and oxygen atoms in total. The van der Waals surface area contributed by atoms with Crippen LogP contribution in [-0.4, -0.2) is 30.3 Å². The zero-order valence-electron chi connectivity index (χ0n) is 6.98. The Labute approximate surface area is 69.6 Å². The molecule has 0 aromatic carbocycles. The first-order valence-electron chi connectivity index (χ1n) is 3.47. The molecule has 1 unspecified atom stereocenters. The SMILES string of the molecule is CCOC(C[N+](=O)[O-])OC(C)=O. The molecule has 0 aromatic heterocycles. The van der Waals surface area contributed by atoms with Gasteiger partial charge in [0.15, 0.2) is 0 Å². The van der Waals surface area contributed by atoms with Gasteiger partial charge in [-0.3, -0.25) is 14.9 Å². The molecule has 0 aromatic rings. The second-order valence-corrected chi connectivity index (χ2v) is 2.01. The van der Waals surface area contributed by atoms with E-state index in [1.165, 1.54) is 6.92 Å². The number of carbonyl (C=O) groups excluding carboxylic acids is 1. The number of ether oxygens (including phenoxy) is 2. The predicted octanol–water partition coefficient (Wildman–Crippen LogP) is 0.189. The van der Waals surface area contributed by atoms with Crippen molar-refractivity contribution in [1.29, 1.82) is 0 Å². The highest BCUT2D eigenvalue weighted by atomic mass is 16.7. The minimum absolute atomic E-state index is 0.270. The van der Waals surface area contributed by atoms with Crippen molar-refractivity contribution >= 4 is 5.97 Å². The summed E-state index contributed by atoms with van der Waals surface area (Å²) in [6, 6.07) is 0. The summed E-state index contributed by atoms with van der Waals surface area (Å²) in [6.45, 7) is 2.58. The predicted molar refractivity (Wildman–Crippen MR) is 39.0 cm³/mol. The molecule has 0 aliphatic carbocycles. The Bertz CT molecular complexity index is 153. The smallest absolute Gasteiger partial charge is 0.305 e. The van der Waals surface area contributed by atoms with Gasteiger partial charge >= 0.3 is 5.97 Å². The highest BCUT2D eigenvalue weighted by Gasteiger charge is 2.17. The number of nitrogens with zero attached hydrogens (tertiary/aromatic N) is 1. The van der Waals surface area contributed by atoms with Crippen LogP contribution in [0.1, 0.15) is 13.8 Å². The number of rotatable bonds is 5. The van der Waals surface area contributed by atoms with Gasteiger partial charge in [-0.1, -0.05) is 0 Å². The van der Waals surface area contributed by atoms with Crippen LogP contribution in [0.15, 0.2) is 0 Å². The lowest BCUT2D eigenvalue weighted by Gasteiger charge is -2.11. The largest absolute Gasteiger partial charge is 0.429 e. The zero-order valence-corrected chi connectivity index (χ0v) is 6.98. The first-order valence-corrected chi connectivity index (χ1v) is 3.47. The summed E-state index contributed by atoms with van der Waals surface area (Å²) in [6.07, 6.45) is -1.07. The van der Waals surface area contributed by atoms with Crippen molar-refractivity contribution in [2.24, 2.45) is 0 Å². The molecule has 12 heavy (non-hydrogen) atoms. The summed E-state index contributed by atoms with van der Waals surface area (Å²) >= 11 is 0. The molecule has 0 heterocycles. The third-order valence-electron chi connectivity index (χ3n) is 0.948. The molecule has 6 heteroatoms. The van der Waals surface area contributed by atoms with Gasteiger partial charge in [0.25, 0.3) is 12.8 Å². The topological polar surface area (TPSA) is 78.7 Å². The molecule has 0 N–H and O–H groups in total. The van der Waals surface area contributed by atoms with Gasteiger partial charge in [0.1, 0.15) is 0 Å². The maximum Gasteiger partial charge on any atom is 0.305 e. The average Bonchev–Trinajstić information content (AvgIpc) is 1.84. The Morgan fingerprint density at radius 3 is 2.58 bits per heavy atom. The molecular formula is C6H11NO5. The van der Waals surface area contributed by atoms with Crippen LogP contribution in [0.5, 0.6) is 0 Å². The molecule has 70 valence electrons. The van der Waals surface area contributed by atoms with Crippen molar-refractivity contribution in [3.63, 3.8) is 0 Å². The summed E-state index contributed by atoms with van der Waals surface area (Å²) in [5.41, 5.74) is 0. The standard InChI is InChI=1S/C6H11NO5/c1-3-11-6(4-7(9)10)12-5(2)8/h6H,3-4H2,1-2H3. The Hall–Kier alpha value is -1.17. The molecule has 0 aliphatic heterocycles. The van der Waals surface area contributed by atoms with Crippen LogP contribution in [-0.2, 0) is 14.3 Å². The van der Waals surface area contributed by atoms with Crippen molar-refractivity contribution in [3.05, 3.63) is 10.1 Å². The van der Waals surface area contributed by atoms with Gasteiger partial charge in [-0.25, -0.2) is 0 Å². The fourth-order valence-electron chi connectivity index (χ4n) is 0.617. The van der Waals surface area contributed by atoms with E-state index in [9.17, 15) is 14.9 Å². The maximum atomic E-state index is 10.4. The molecule has 0 radical (unpaired) electrons. The van der Waals surface area contributed by atoms with Crippen LogP contribution in [0, 0.1) is 10.1 Å². The van der Waals surface area contributed by atoms with E-state index in [-0.39, 0.29) is 6.61 Å². The molecule has 1 atom stereocenters. The van der Waals surface area contributed by atoms with Crippen LogP contribution in [0.4, 0.5) is 0 Å². The van der Waals surface area contributed by atoms with E-state index in [1.807, 2.05) is 0 Å². The second-order valence-electron chi connectivity index (χ2n) is 2.01. The number of hydrogen-bond acceptors (Lipinski definition) is 5. The summed E-state index contributed by atoms with van der Waals surface area (Å²) < 4.78 is 9.28. The molecule has 0 bridgehead atoms. The van der Waals surface area contributed by atoms with E-state index < -0.39 is 23.7 Å². The fourth-order valence-corrected chi connectivity index (χ4v) is 0.617. The van der Waals surface area contributed by atoms with E-state index in [1.54, 1.807) is 6.92 Å². The lowest BCUT2D eigenvalue weighted by Crippen LogP contribution is -2.28. The van der Waals surface area contributed by atoms with Crippen LogP contribution < -0.4 is 0 Å². The van der Waals surface area contributed by atoms with Crippen LogP contribution in [0.25, 0.3) is 0 Å². The van der Waals surface area contributed by atoms with E-state index in [4.69, 9.17) is 4.74 Å². The van der Waals surface area contributed by atoms with Gasteiger partial charge in [0.2, 0.25) is 0 Å². The molecule has 0 saturated heterocycles. The summed E-state index contributed by atoms with van der Waals surface area (Å²) in [7, 11) is 0. The molecule has 0 rings (SSSR count). The number of esters is 1. The minimum Gasteiger partial charge on any atom is -0.429 e. The van der Waals surface area contributed by atoms with Crippen molar-refractivity contribution in [3.8, 4) is 0 Å². The molecule has 0 spiro atoms. The Morgan fingerprint density at radius 2 is 2.25 bits per heavy atom. The van der Waals surface area contributed by atoms with E-state index >= 15 is 0 Å². The third-order valence-corrected chi connectivity index (χ3v) is 0.948. The number of nitro groups is 1. The van der Waals surface area contributed by atoms with E-state index in [0.717, 1.165) is 0 Å². The van der Waals surface area contributed by atoms with Crippen LogP contribution >= 0.6 is 0 Å². The van der Waals surface area contributed by atoms with Gasteiger partial charge in [-0.05, 0) is 6.92 Å². The average molecular weight is 177 g/mol. The monoisotopic (exact) mass is 177 g/mol. The quantitative estimate of drug-likeness (QED) is 0.259. The fraction of sp³-hybridized carbons (Fsp3) is 0.833. The third kappa shape index (κ3) is 5.60. The molecule has 0 aliphatic rings. The Morgan fingerprint density at radius 1 is 1.67 bits per heavy atom. The Balaban J connectivity index is 3.85. The van der Waals surface area contributed by atoms with Gasteiger partial charge in [0.05, 0.1) is 0 Å². The highest BCUT2D eigenvalue weighted by molar-refractivity contribution is 5.66. The van der Waals surface area contributed by atoms with Gasteiger partial charge in [-0.2, -0.15) is 0 Å². The minimum atomic E-state index is -1.07. The first kappa shape index (κ1) is 10.8. The number of carbonyl (C=O) groups is 1. The van der Waals surface area contributed by atoms with Crippen molar-refractivity contribution in [2.45, 2.75) is 20.1 Å². The van der Waals surface area contributed by atoms with Crippen molar-refractivity contribution < 1.29 is 19.2 Å². The summed E-state index contributed by atoms with van der Waals surface area (Å²) in [5.74, 6) is -0.588.